The van der Waals surface area contributed by atoms with Crippen molar-refractivity contribution in [2.24, 2.45) is 0 Å². The minimum atomic E-state index is -1.92. The Kier molecular flexibility index (Phi) is 48.0. The Morgan fingerprint density at radius 2 is 0.818 bits per heavy atom. The Labute approximate surface area is 466 Å². The maximum atomic E-state index is 13.1. The first-order valence-electron chi connectivity index (χ1n) is 30.2. The van der Waals surface area contributed by atoms with Crippen LogP contribution in [0, 0.1) is 0 Å². The van der Waals surface area contributed by atoms with Crippen molar-refractivity contribution in [1.82, 2.24) is 0 Å². The van der Waals surface area contributed by atoms with E-state index < -0.39 is 67.3 Å². The predicted molar refractivity (Wildman–Crippen MR) is 312 cm³/mol. The molecule has 0 aromatic rings. The third-order valence-electron chi connectivity index (χ3n) is 13.1. The molecule has 12 heteroatoms. The third-order valence-corrected chi connectivity index (χ3v) is 13.1. The van der Waals surface area contributed by atoms with E-state index in [-0.39, 0.29) is 25.9 Å². The Bertz CT molecular complexity index is 1710. The highest BCUT2D eigenvalue weighted by Crippen LogP contribution is 2.26. The van der Waals surface area contributed by atoms with Gasteiger partial charge in [0.1, 0.15) is 18.8 Å². The molecule has 438 valence electrons. The molecule has 0 aromatic heterocycles. The van der Waals surface area contributed by atoms with Gasteiger partial charge in [-0.2, -0.15) is 0 Å². The molecule has 0 aromatic carbocycles. The minimum absolute atomic E-state index is 0.0432. The van der Waals surface area contributed by atoms with E-state index in [1.54, 1.807) is 0 Å². The van der Waals surface area contributed by atoms with Crippen molar-refractivity contribution in [2.75, 3.05) is 13.2 Å². The standard InChI is InChI=1S/C65H106O12/c1-4-7-10-13-16-19-22-25-27-29-31-34-36-39-42-45-48-51-57(66)73-54-56(75-58(67)52-49-46-43-40-37-33-24-21-18-15-12-9-6-3)55-74-65-63(61(70)60(69)62(77-65)64(71)72)76-59(68)53-50-47-44-41-38-35-32-30-28-26-23-20-17-14-11-8-5-2/h7,9-10,12,16-21,25-28,33,37,56,60-63,65,69-70H,4-6,8,11,13-15,22-24,29-32,34-36,38-55H2,1-3H3,(H,71,72)/b10-7-,12-9-,19-16-,20-17-,21-18-,27-25-,28-26-,37-33-. The topological polar surface area (TPSA) is 175 Å². The Balaban J connectivity index is 2.70. The van der Waals surface area contributed by atoms with E-state index in [9.17, 15) is 34.5 Å². The summed E-state index contributed by atoms with van der Waals surface area (Å²) < 4.78 is 28.4. The van der Waals surface area contributed by atoms with Crippen LogP contribution in [0.5, 0.6) is 0 Å². The van der Waals surface area contributed by atoms with Crippen LogP contribution in [0.25, 0.3) is 0 Å². The van der Waals surface area contributed by atoms with Gasteiger partial charge in [0.2, 0.25) is 0 Å². The first-order chi connectivity index (χ1) is 37.6. The number of ether oxygens (including phenoxy) is 5. The Morgan fingerprint density at radius 3 is 1.26 bits per heavy atom. The van der Waals surface area contributed by atoms with Crippen LogP contribution in [0.15, 0.2) is 97.2 Å². The molecular formula is C65H106O12. The SMILES string of the molecule is CC/C=C\C/C=C\C/C=C\CCCCCCCCCC(=O)OCC(COC1OC(C(=O)O)C(O)C(O)C1OC(=O)CCCCCCCCC/C=C\C/C=C\CCCCC)OC(=O)CCCCC/C=C\C/C=C\C/C=C\CC. The molecular weight excluding hydrogens is 973 g/mol. The number of carboxylic acid groups (broad SMARTS) is 1. The van der Waals surface area contributed by atoms with Crippen molar-refractivity contribution in [3.8, 4) is 0 Å². The number of hydrogen-bond acceptors (Lipinski definition) is 11. The highest BCUT2D eigenvalue weighted by molar-refractivity contribution is 5.74. The van der Waals surface area contributed by atoms with Crippen LogP contribution in [-0.2, 0) is 42.9 Å². The van der Waals surface area contributed by atoms with Gasteiger partial charge in [-0.25, -0.2) is 4.79 Å². The number of aliphatic hydroxyl groups excluding tert-OH is 2. The second-order valence-electron chi connectivity index (χ2n) is 20.2. The van der Waals surface area contributed by atoms with Crippen molar-refractivity contribution in [2.45, 2.75) is 276 Å². The molecule has 3 N–H and O–H groups in total. The number of hydrogen-bond donors (Lipinski definition) is 3. The zero-order valence-corrected chi connectivity index (χ0v) is 48.2. The van der Waals surface area contributed by atoms with E-state index in [0.29, 0.717) is 19.3 Å². The van der Waals surface area contributed by atoms with Gasteiger partial charge in [0.25, 0.3) is 0 Å². The fourth-order valence-corrected chi connectivity index (χ4v) is 8.54. The lowest BCUT2D eigenvalue weighted by molar-refractivity contribution is -0.301. The monoisotopic (exact) mass is 1080 g/mol. The van der Waals surface area contributed by atoms with Crippen LogP contribution in [0.2, 0.25) is 0 Å². The molecule has 1 saturated heterocycles. The molecule has 0 radical (unpaired) electrons. The number of aliphatic carboxylic acids is 1. The average molecular weight is 1080 g/mol. The molecule has 0 spiro atoms. The van der Waals surface area contributed by atoms with Gasteiger partial charge < -0.3 is 39.0 Å². The molecule has 0 saturated carbocycles. The van der Waals surface area contributed by atoms with E-state index in [1.807, 2.05) is 0 Å². The lowest BCUT2D eigenvalue weighted by Gasteiger charge is -2.40. The van der Waals surface area contributed by atoms with Crippen LogP contribution in [0.1, 0.15) is 239 Å². The van der Waals surface area contributed by atoms with Gasteiger partial charge in [0.05, 0.1) is 6.61 Å². The van der Waals surface area contributed by atoms with Crippen molar-refractivity contribution in [3.63, 3.8) is 0 Å². The molecule has 6 unspecified atom stereocenters. The molecule has 1 rings (SSSR count). The molecule has 77 heavy (non-hydrogen) atoms. The summed E-state index contributed by atoms with van der Waals surface area (Å²) in [6.07, 6.45) is 56.6. The fraction of sp³-hybridized carbons (Fsp3) is 0.692. The molecule has 1 fully saturated rings. The quantitative estimate of drug-likeness (QED) is 0.0228. The summed E-state index contributed by atoms with van der Waals surface area (Å²) in [6, 6.07) is 0. The molecule has 1 heterocycles. The summed E-state index contributed by atoms with van der Waals surface area (Å²) in [5, 5.41) is 31.5. The molecule has 1 aliphatic heterocycles. The predicted octanol–water partition coefficient (Wildman–Crippen LogP) is 15.7. The zero-order chi connectivity index (χ0) is 56.1. The van der Waals surface area contributed by atoms with Gasteiger partial charge in [-0.15, -0.1) is 0 Å². The second kappa shape index (κ2) is 52.3. The molecule has 12 nitrogen and oxygen atoms in total. The molecule has 0 bridgehead atoms. The number of carboxylic acids is 1. The van der Waals surface area contributed by atoms with Gasteiger partial charge in [-0.3, -0.25) is 14.4 Å². The number of carbonyl (C=O) groups excluding carboxylic acids is 3. The summed E-state index contributed by atoms with van der Waals surface area (Å²) >= 11 is 0. The van der Waals surface area contributed by atoms with Crippen LogP contribution in [-0.4, -0.2) is 89.2 Å². The van der Waals surface area contributed by atoms with Crippen LogP contribution < -0.4 is 0 Å². The Hall–Kier alpha value is -4.36. The van der Waals surface area contributed by atoms with Gasteiger partial charge in [0.15, 0.2) is 24.6 Å². The van der Waals surface area contributed by atoms with Gasteiger partial charge >= 0.3 is 23.9 Å². The average Bonchev–Trinajstić information content (AvgIpc) is 3.42. The highest BCUT2D eigenvalue weighted by Gasteiger charge is 2.50. The maximum absolute atomic E-state index is 13.1. The van der Waals surface area contributed by atoms with Crippen molar-refractivity contribution in [1.29, 1.82) is 0 Å². The highest BCUT2D eigenvalue weighted by atomic mass is 16.7. The zero-order valence-electron chi connectivity index (χ0n) is 48.2. The summed E-state index contributed by atoms with van der Waals surface area (Å²) in [4.78, 5) is 51.2. The number of esters is 3. The second-order valence-corrected chi connectivity index (χ2v) is 20.2. The van der Waals surface area contributed by atoms with Crippen LogP contribution in [0.3, 0.4) is 0 Å². The molecule has 1 aliphatic rings. The lowest BCUT2D eigenvalue weighted by atomic mass is 9.98. The summed E-state index contributed by atoms with van der Waals surface area (Å²) in [5.74, 6) is -3.19. The van der Waals surface area contributed by atoms with Gasteiger partial charge in [0, 0.05) is 19.3 Å². The minimum Gasteiger partial charge on any atom is -0.479 e. The molecule has 6 atom stereocenters. The van der Waals surface area contributed by atoms with Crippen molar-refractivity contribution < 1.29 is 58.2 Å². The van der Waals surface area contributed by atoms with Gasteiger partial charge in [-0.05, 0) is 116 Å². The van der Waals surface area contributed by atoms with E-state index in [1.165, 1.54) is 25.7 Å². The first-order valence-corrected chi connectivity index (χ1v) is 30.2. The first kappa shape index (κ1) is 70.7. The fourth-order valence-electron chi connectivity index (χ4n) is 8.54. The lowest BCUT2D eigenvalue weighted by Crippen LogP contribution is -2.61. The maximum Gasteiger partial charge on any atom is 0.335 e. The number of aliphatic hydroxyl groups is 2. The van der Waals surface area contributed by atoms with E-state index in [0.717, 1.165) is 154 Å². The molecule has 0 amide bonds. The summed E-state index contributed by atoms with van der Waals surface area (Å²) in [6.45, 7) is 5.71. The van der Waals surface area contributed by atoms with E-state index >= 15 is 0 Å². The van der Waals surface area contributed by atoms with Crippen LogP contribution in [0.4, 0.5) is 0 Å². The van der Waals surface area contributed by atoms with Crippen molar-refractivity contribution in [3.05, 3.63) is 97.2 Å². The number of carbonyl (C=O) groups is 4. The van der Waals surface area contributed by atoms with Gasteiger partial charge in [-0.1, -0.05) is 201 Å². The number of allylic oxidation sites excluding steroid dienone is 16. The Morgan fingerprint density at radius 1 is 0.442 bits per heavy atom. The third kappa shape index (κ3) is 42.3. The van der Waals surface area contributed by atoms with Crippen LogP contribution >= 0.6 is 0 Å². The normalized spacial score (nSPS) is 18.7. The summed E-state index contributed by atoms with van der Waals surface area (Å²) in [5.41, 5.74) is 0. The number of rotatable bonds is 50. The van der Waals surface area contributed by atoms with Crippen molar-refractivity contribution >= 4 is 23.9 Å². The van der Waals surface area contributed by atoms with E-state index in [2.05, 4.69) is 118 Å². The largest absolute Gasteiger partial charge is 0.479 e. The van der Waals surface area contributed by atoms with E-state index in [4.69, 9.17) is 23.7 Å². The molecule has 0 aliphatic carbocycles. The smallest absolute Gasteiger partial charge is 0.335 e. The summed E-state index contributed by atoms with van der Waals surface area (Å²) in [7, 11) is 0. The number of unbranched alkanes of at least 4 members (excludes halogenated alkanes) is 20.